The predicted octanol–water partition coefficient (Wildman–Crippen LogP) is 2.09. The molecule has 1 aliphatic rings. The van der Waals surface area contributed by atoms with E-state index >= 15 is 0 Å². The van der Waals surface area contributed by atoms with Gasteiger partial charge in [-0.25, -0.2) is 9.59 Å². The summed E-state index contributed by atoms with van der Waals surface area (Å²) >= 11 is 0. The molecule has 0 spiro atoms. The Morgan fingerprint density at radius 1 is 1.43 bits per heavy atom. The molecule has 2 atom stereocenters. The van der Waals surface area contributed by atoms with Gasteiger partial charge in [0.25, 0.3) is 0 Å². The molecule has 122 valence electrons. The summed E-state index contributed by atoms with van der Waals surface area (Å²) in [6.07, 6.45) is 2.84. The largest absolute Gasteiger partial charge is 0.480 e. The second kappa shape index (κ2) is 7.64. The molecule has 1 fully saturated rings. The lowest BCUT2D eigenvalue weighted by molar-refractivity contribution is -0.142. The van der Waals surface area contributed by atoms with Gasteiger partial charge in [-0.15, -0.1) is 0 Å². The zero-order chi connectivity index (χ0) is 16.0. The van der Waals surface area contributed by atoms with Gasteiger partial charge in [0.2, 0.25) is 0 Å². The summed E-state index contributed by atoms with van der Waals surface area (Å²) in [5.41, 5.74) is -0.532. The highest BCUT2D eigenvalue weighted by Crippen LogP contribution is 2.20. The van der Waals surface area contributed by atoms with E-state index in [0.29, 0.717) is 19.7 Å². The molecule has 0 aromatic heterocycles. The van der Waals surface area contributed by atoms with Crippen molar-refractivity contribution in [3.8, 4) is 0 Å². The van der Waals surface area contributed by atoms with Crippen molar-refractivity contribution in [1.29, 1.82) is 0 Å². The molecule has 0 saturated carbocycles. The van der Waals surface area contributed by atoms with Crippen LogP contribution < -0.4 is 5.32 Å². The number of nitrogens with zero attached hydrogens (tertiary/aromatic N) is 1. The fourth-order valence-electron chi connectivity index (χ4n) is 2.41. The van der Waals surface area contributed by atoms with Crippen LogP contribution in [-0.4, -0.2) is 53.8 Å². The van der Waals surface area contributed by atoms with Crippen LogP contribution in [0, 0.1) is 5.41 Å². The third-order valence-corrected chi connectivity index (χ3v) is 3.60. The standard InChI is InChI=1S/C15H28N2O4/c1-5-9-21-11-7-6-8-17(10-11)14(20)16-12(13(18)19)15(2,3)4/h11-12H,5-10H2,1-4H3,(H,16,20)(H,18,19)/t11?,12-/m0/s1. The average molecular weight is 300 g/mol. The van der Waals surface area contributed by atoms with E-state index in [9.17, 15) is 14.7 Å². The summed E-state index contributed by atoms with van der Waals surface area (Å²) in [6, 6.07) is -1.22. The van der Waals surface area contributed by atoms with Crippen molar-refractivity contribution in [2.45, 2.75) is 59.1 Å². The molecule has 2 N–H and O–H groups in total. The number of carbonyl (C=O) groups is 2. The highest BCUT2D eigenvalue weighted by molar-refractivity contribution is 5.83. The number of piperidine rings is 1. The maximum absolute atomic E-state index is 12.3. The van der Waals surface area contributed by atoms with E-state index in [-0.39, 0.29) is 12.1 Å². The number of aliphatic carboxylic acids is 1. The first-order valence-corrected chi connectivity index (χ1v) is 7.65. The maximum Gasteiger partial charge on any atom is 0.326 e. The van der Waals surface area contributed by atoms with Crippen LogP contribution in [0.5, 0.6) is 0 Å². The van der Waals surface area contributed by atoms with Gasteiger partial charge in [-0.2, -0.15) is 0 Å². The van der Waals surface area contributed by atoms with Crippen LogP contribution in [0.2, 0.25) is 0 Å². The third-order valence-electron chi connectivity index (χ3n) is 3.60. The Morgan fingerprint density at radius 2 is 2.10 bits per heavy atom. The molecule has 1 rings (SSSR count). The molecule has 0 aliphatic carbocycles. The molecule has 1 unspecified atom stereocenters. The van der Waals surface area contributed by atoms with E-state index in [4.69, 9.17) is 4.74 Å². The number of nitrogens with one attached hydrogen (secondary N) is 1. The number of hydrogen-bond donors (Lipinski definition) is 2. The van der Waals surface area contributed by atoms with E-state index < -0.39 is 17.4 Å². The lowest BCUT2D eigenvalue weighted by atomic mass is 9.87. The van der Waals surface area contributed by atoms with E-state index in [1.54, 1.807) is 25.7 Å². The zero-order valence-corrected chi connectivity index (χ0v) is 13.5. The monoisotopic (exact) mass is 300 g/mol. The number of urea groups is 1. The van der Waals surface area contributed by atoms with Crippen LogP contribution in [-0.2, 0) is 9.53 Å². The number of likely N-dealkylation sites (tertiary alicyclic amines) is 1. The van der Waals surface area contributed by atoms with Crippen LogP contribution in [0.4, 0.5) is 4.79 Å². The first kappa shape index (κ1) is 17.8. The van der Waals surface area contributed by atoms with Crippen molar-refractivity contribution in [2.24, 2.45) is 5.41 Å². The van der Waals surface area contributed by atoms with E-state index in [1.807, 2.05) is 6.92 Å². The van der Waals surface area contributed by atoms with Crippen LogP contribution >= 0.6 is 0 Å². The minimum absolute atomic E-state index is 0.0577. The third kappa shape index (κ3) is 5.53. The van der Waals surface area contributed by atoms with Gasteiger partial charge < -0.3 is 20.1 Å². The molecule has 21 heavy (non-hydrogen) atoms. The fourth-order valence-corrected chi connectivity index (χ4v) is 2.41. The van der Waals surface area contributed by atoms with E-state index in [0.717, 1.165) is 19.3 Å². The van der Waals surface area contributed by atoms with Crippen LogP contribution in [0.25, 0.3) is 0 Å². The zero-order valence-electron chi connectivity index (χ0n) is 13.5. The first-order chi connectivity index (χ1) is 9.75. The van der Waals surface area contributed by atoms with Gasteiger partial charge in [0.15, 0.2) is 0 Å². The second-order valence-electron chi connectivity index (χ2n) is 6.67. The molecule has 1 heterocycles. The summed E-state index contributed by atoms with van der Waals surface area (Å²) in [5, 5.41) is 11.9. The van der Waals surface area contributed by atoms with Crippen molar-refractivity contribution in [3.05, 3.63) is 0 Å². The highest BCUT2D eigenvalue weighted by atomic mass is 16.5. The number of hydrogen-bond acceptors (Lipinski definition) is 3. The number of rotatable bonds is 5. The summed E-state index contributed by atoms with van der Waals surface area (Å²) in [4.78, 5) is 25.2. The Morgan fingerprint density at radius 3 is 2.62 bits per heavy atom. The van der Waals surface area contributed by atoms with Gasteiger partial charge in [0.05, 0.1) is 6.10 Å². The van der Waals surface area contributed by atoms with Gasteiger partial charge in [-0.05, 0) is 24.7 Å². The number of amides is 2. The van der Waals surface area contributed by atoms with Crippen LogP contribution in [0.1, 0.15) is 47.0 Å². The smallest absolute Gasteiger partial charge is 0.326 e. The molecule has 0 aromatic rings. The van der Waals surface area contributed by atoms with Crippen molar-refractivity contribution in [2.75, 3.05) is 19.7 Å². The second-order valence-corrected chi connectivity index (χ2v) is 6.67. The molecule has 0 radical (unpaired) electrons. The van der Waals surface area contributed by atoms with Gasteiger partial charge in [-0.3, -0.25) is 0 Å². The molecule has 0 bridgehead atoms. The quantitative estimate of drug-likeness (QED) is 0.815. The van der Waals surface area contributed by atoms with Crippen molar-refractivity contribution in [3.63, 3.8) is 0 Å². The summed E-state index contributed by atoms with van der Waals surface area (Å²) in [5.74, 6) is -1.01. The normalized spacial score (nSPS) is 21.0. The van der Waals surface area contributed by atoms with E-state index in [2.05, 4.69) is 5.32 Å². The number of carbonyl (C=O) groups excluding carboxylic acids is 1. The summed E-state index contributed by atoms with van der Waals surface area (Å²) in [6.45, 7) is 9.32. The number of carboxylic acids is 1. The highest BCUT2D eigenvalue weighted by Gasteiger charge is 2.34. The van der Waals surface area contributed by atoms with Gasteiger partial charge in [-0.1, -0.05) is 27.7 Å². The minimum atomic E-state index is -1.01. The molecular weight excluding hydrogens is 272 g/mol. The van der Waals surface area contributed by atoms with Crippen molar-refractivity contribution < 1.29 is 19.4 Å². The van der Waals surface area contributed by atoms with Crippen molar-refractivity contribution in [1.82, 2.24) is 10.2 Å². The summed E-state index contributed by atoms with van der Waals surface area (Å²) in [7, 11) is 0. The minimum Gasteiger partial charge on any atom is -0.480 e. The fraction of sp³-hybridized carbons (Fsp3) is 0.867. The maximum atomic E-state index is 12.3. The number of carboxylic acid groups (broad SMARTS) is 1. The Labute approximate surface area is 126 Å². The van der Waals surface area contributed by atoms with Gasteiger partial charge in [0, 0.05) is 19.7 Å². The van der Waals surface area contributed by atoms with Gasteiger partial charge >= 0.3 is 12.0 Å². The molecule has 2 amide bonds. The molecular formula is C15H28N2O4. The lowest BCUT2D eigenvalue weighted by Gasteiger charge is -2.35. The predicted molar refractivity (Wildman–Crippen MR) is 80.2 cm³/mol. The van der Waals surface area contributed by atoms with Crippen LogP contribution in [0.3, 0.4) is 0 Å². The van der Waals surface area contributed by atoms with Crippen LogP contribution in [0.15, 0.2) is 0 Å². The Balaban J connectivity index is 2.59. The van der Waals surface area contributed by atoms with Gasteiger partial charge in [0.1, 0.15) is 6.04 Å². The molecule has 0 aromatic carbocycles. The van der Waals surface area contributed by atoms with Crippen molar-refractivity contribution >= 4 is 12.0 Å². The lowest BCUT2D eigenvalue weighted by Crippen LogP contribution is -2.55. The molecule has 6 heteroatoms. The average Bonchev–Trinajstić information content (AvgIpc) is 2.40. The molecule has 1 aliphatic heterocycles. The number of ether oxygens (including phenoxy) is 1. The Hall–Kier alpha value is -1.30. The van der Waals surface area contributed by atoms with E-state index in [1.165, 1.54) is 0 Å². The summed E-state index contributed by atoms with van der Waals surface area (Å²) < 4.78 is 5.69. The Kier molecular flexibility index (Phi) is 6.45. The first-order valence-electron chi connectivity index (χ1n) is 7.65. The molecule has 6 nitrogen and oxygen atoms in total. The topological polar surface area (TPSA) is 78.9 Å². The Bertz CT molecular complexity index is 365. The SMILES string of the molecule is CCCOC1CCCN(C(=O)N[C@@H](C(=O)O)C(C)(C)C)C1. The molecule has 1 saturated heterocycles.